The Kier molecular flexibility index (Phi) is 12.3. The monoisotopic (exact) mass is 738 g/mol. The second kappa shape index (κ2) is 15.4. The fraction of sp³-hybridized carbons (Fsp3) is 0.408. The van der Waals surface area contributed by atoms with Crippen molar-refractivity contribution >= 4 is 3.21 Å². The van der Waals surface area contributed by atoms with Crippen LogP contribution in [0, 0.1) is 18.1 Å². The van der Waals surface area contributed by atoms with Crippen molar-refractivity contribution in [1.82, 2.24) is 0 Å². The Labute approximate surface area is 320 Å². The minimum absolute atomic E-state index is 0.167. The zero-order valence-electron chi connectivity index (χ0n) is 33.4. The van der Waals surface area contributed by atoms with Gasteiger partial charge in [0.05, 0.1) is 0 Å². The first-order valence-electron chi connectivity index (χ1n) is 18.3. The number of fused-ring (bicyclic) bond motifs is 3. The van der Waals surface area contributed by atoms with Gasteiger partial charge in [-0.2, -0.15) is 29.8 Å². The molecule has 6 rings (SSSR count). The van der Waals surface area contributed by atoms with Gasteiger partial charge in [-0.15, -0.1) is 18.1 Å². The topological polar surface area (TPSA) is 0 Å². The molecular formula is C49H60Zr. The molecule has 0 fully saturated rings. The van der Waals surface area contributed by atoms with Gasteiger partial charge in [0.25, 0.3) is 0 Å². The predicted octanol–water partition coefficient (Wildman–Crippen LogP) is 13.0. The van der Waals surface area contributed by atoms with Gasteiger partial charge < -0.3 is 0 Å². The van der Waals surface area contributed by atoms with Crippen molar-refractivity contribution in [3.8, 4) is 11.1 Å². The molecule has 0 aromatic heterocycles. The number of hydrogen-bond donors (Lipinski definition) is 0. The van der Waals surface area contributed by atoms with E-state index in [2.05, 4.69) is 194 Å². The largest absolute Gasteiger partial charge is 0.270 e. The first-order chi connectivity index (χ1) is 23.0. The molecule has 0 heterocycles. The third-order valence-corrected chi connectivity index (χ3v) is 11.0. The molecule has 0 amide bonds. The van der Waals surface area contributed by atoms with Crippen LogP contribution in [-0.2, 0) is 52.3 Å². The quantitative estimate of drug-likeness (QED) is 0.158. The SMILES string of the molecule is CC(C)(C)c1[c-]c2c(cc1)-c1ccc(C(C)(C)C)cc1C2.CC(C)(C)c1ccc([C](=[Zr+2])c2ccc(C(C)(C)C)cc2)cc1.CC1=CC(C)[C-]=C1. The fourth-order valence-electron chi connectivity index (χ4n) is 6.22. The number of allylic oxidation sites excluding steroid dienone is 4. The molecule has 4 aromatic carbocycles. The summed E-state index contributed by atoms with van der Waals surface area (Å²) in [6.45, 7) is 31.4. The summed E-state index contributed by atoms with van der Waals surface area (Å²) < 4.78 is 1.42. The van der Waals surface area contributed by atoms with Crippen molar-refractivity contribution in [3.63, 3.8) is 0 Å². The minimum atomic E-state index is 0.167. The zero-order chi connectivity index (χ0) is 37.2. The summed E-state index contributed by atoms with van der Waals surface area (Å²) in [7, 11) is 0. The minimum Gasteiger partial charge on any atom is -0.270 e. The van der Waals surface area contributed by atoms with E-state index >= 15 is 0 Å². The van der Waals surface area contributed by atoms with Crippen LogP contribution in [0.15, 0.2) is 96.6 Å². The molecule has 0 aliphatic heterocycles. The molecule has 1 heteroatoms. The molecule has 2 aliphatic carbocycles. The van der Waals surface area contributed by atoms with Crippen molar-refractivity contribution in [2.24, 2.45) is 5.92 Å². The van der Waals surface area contributed by atoms with Crippen LogP contribution >= 0.6 is 0 Å². The van der Waals surface area contributed by atoms with Gasteiger partial charge in [0.15, 0.2) is 0 Å². The first kappa shape index (κ1) is 39.9. The van der Waals surface area contributed by atoms with Crippen LogP contribution in [0.25, 0.3) is 11.1 Å². The number of benzene rings is 4. The summed E-state index contributed by atoms with van der Waals surface area (Å²) in [4.78, 5) is 0. The molecule has 0 bridgehead atoms. The van der Waals surface area contributed by atoms with Crippen molar-refractivity contribution < 1.29 is 24.2 Å². The fourth-order valence-corrected chi connectivity index (χ4v) is 7.04. The number of hydrogen-bond acceptors (Lipinski definition) is 0. The van der Waals surface area contributed by atoms with E-state index < -0.39 is 0 Å². The normalized spacial score (nSPS) is 15.3. The maximum atomic E-state index is 3.67. The van der Waals surface area contributed by atoms with Gasteiger partial charge in [0.1, 0.15) is 0 Å². The van der Waals surface area contributed by atoms with Gasteiger partial charge in [0, 0.05) is 0 Å². The van der Waals surface area contributed by atoms with E-state index in [4.69, 9.17) is 0 Å². The second-order valence-corrected chi connectivity index (χ2v) is 19.6. The molecule has 50 heavy (non-hydrogen) atoms. The summed E-state index contributed by atoms with van der Waals surface area (Å²) >= 11 is 1.46. The molecule has 4 aromatic rings. The summed E-state index contributed by atoms with van der Waals surface area (Å²) in [5, 5.41) is 0. The summed E-state index contributed by atoms with van der Waals surface area (Å²) in [6, 6.07) is 33.3. The number of rotatable bonds is 2. The molecule has 0 saturated carbocycles. The average Bonchev–Trinajstić information content (AvgIpc) is 3.60. The van der Waals surface area contributed by atoms with Crippen molar-refractivity contribution in [2.75, 3.05) is 0 Å². The second-order valence-electron chi connectivity index (χ2n) is 18.4. The van der Waals surface area contributed by atoms with Gasteiger partial charge in [-0.05, 0) is 28.4 Å². The van der Waals surface area contributed by atoms with Crippen LogP contribution in [0.2, 0.25) is 0 Å². The Hall–Kier alpha value is -2.89. The van der Waals surface area contributed by atoms with Crippen molar-refractivity contribution in [1.29, 1.82) is 0 Å². The first-order valence-corrected chi connectivity index (χ1v) is 19.5. The zero-order valence-corrected chi connectivity index (χ0v) is 35.9. The van der Waals surface area contributed by atoms with E-state index in [0.29, 0.717) is 5.92 Å². The Morgan fingerprint density at radius 2 is 1.06 bits per heavy atom. The molecule has 0 N–H and O–H groups in total. The smallest absolute Gasteiger partial charge is 0.0733 e. The molecule has 0 spiro atoms. The summed E-state index contributed by atoms with van der Waals surface area (Å²) in [6.07, 6.45) is 8.40. The predicted molar refractivity (Wildman–Crippen MR) is 215 cm³/mol. The van der Waals surface area contributed by atoms with Crippen LogP contribution < -0.4 is 0 Å². The average molecular weight is 740 g/mol. The maximum absolute atomic E-state index is 3.67. The van der Waals surface area contributed by atoms with Gasteiger partial charge in [-0.25, -0.2) is 11.6 Å². The summed E-state index contributed by atoms with van der Waals surface area (Å²) in [5.41, 5.74) is 15.9. The summed E-state index contributed by atoms with van der Waals surface area (Å²) in [5.74, 6) is 0.556. The van der Waals surface area contributed by atoms with Gasteiger partial charge in [-0.1, -0.05) is 78.1 Å². The standard InChI is InChI=1S/C21H25.C21H26.C7H9.Zr/c1-20(2,3)16-7-9-18-14(12-16)11-15-13-17(21(4,5)6)8-10-19(15)18;1-20(2,3)18-11-7-16(8-12-18)15-17-9-13-19(14-10-17)21(4,5)6;1-6-3-4-7(2)5-6;/h7-10,12H,11H2,1-6H3;7-14H,1-6H3;3,5,7H,1-2H3;/q-1;;-1;+2. The van der Waals surface area contributed by atoms with Gasteiger partial charge in [-0.3, -0.25) is 6.08 Å². The molecule has 1 unspecified atom stereocenters. The Balaban J connectivity index is 0.000000188. The molecule has 260 valence electrons. The molecular weight excluding hydrogens is 680 g/mol. The van der Waals surface area contributed by atoms with Crippen LogP contribution in [0.3, 0.4) is 0 Å². The third-order valence-electron chi connectivity index (χ3n) is 9.63. The Morgan fingerprint density at radius 3 is 1.44 bits per heavy atom. The third kappa shape index (κ3) is 10.3. The van der Waals surface area contributed by atoms with Crippen molar-refractivity contribution in [3.05, 3.63) is 153 Å². The van der Waals surface area contributed by atoms with E-state index in [1.54, 1.807) is 0 Å². The molecule has 0 nitrogen and oxygen atoms in total. The van der Waals surface area contributed by atoms with Crippen LogP contribution in [0.5, 0.6) is 0 Å². The van der Waals surface area contributed by atoms with E-state index in [0.717, 1.165) is 6.42 Å². The van der Waals surface area contributed by atoms with Crippen LogP contribution in [0.1, 0.15) is 141 Å². The van der Waals surface area contributed by atoms with Gasteiger partial charge in [0.2, 0.25) is 0 Å². The Bertz CT molecular complexity index is 1730. The maximum Gasteiger partial charge on any atom is -0.0733 e. The molecule has 0 saturated heterocycles. The Morgan fingerprint density at radius 1 is 0.600 bits per heavy atom. The van der Waals surface area contributed by atoms with E-state index in [9.17, 15) is 0 Å². The van der Waals surface area contributed by atoms with E-state index in [1.807, 2.05) is 6.08 Å². The molecule has 2 aliphatic rings. The molecule has 1 atom stereocenters. The van der Waals surface area contributed by atoms with Crippen LogP contribution in [0.4, 0.5) is 0 Å². The van der Waals surface area contributed by atoms with E-state index in [1.165, 1.54) is 88.6 Å². The van der Waals surface area contributed by atoms with Crippen molar-refractivity contribution in [2.45, 2.75) is 125 Å². The molecule has 0 radical (unpaired) electrons. The van der Waals surface area contributed by atoms with Gasteiger partial charge >= 0.3 is 151 Å². The van der Waals surface area contributed by atoms with E-state index in [-0.39, 0.29) is 21.7 Å². The van der Waals surface area contributed by atoms with Crippen LogP contribution in [-0.4, -0.2) is 3.21 Å².